The van der Waals surface area contributed by atoms with Crippen molar-refractivity contribution < 1.29 is 0 Å². The minimum atomic E-state index is 0.515. The van der Waals surface area contributed by atoms with Gasteiger partial charge < -0.3 is 5.32 Å². The van der Waals surface area contributed by atoms with Crippen LogP contribution >= 0.6 is 0 Å². The minimum absolute atomic E-state index is 0.515. The van der Waals surface area contributed by atoms with Crippen LogP contribution in [0.1, 0.15) is 39.5 Å². The van der Waals surface area contributed by atoms with E-state index < -0.39 is 0 Å². The summed E-state index contributed by atoms with van der Waals surface area (Å²) >= 11 is 0. The van der Waals surface area contributed by atoms with Gasteiger partial charge in [0.25, 0.3) is 0 Å². The first kappa shape index (κ1) is 9.47. The van der Waals surface area contributed by atoms with E-state index in [4.69, 9.17) is 0 Å². The van der Waals surface area contributed by atoms with Crippen LogP contribution in [-0.4, -0.2) is 36.1 Å². The van der Waals surface area contributed by atoms with E-state index in [-0.39, 0.29) is 0 Å². The Morgan fingerprint density at radius 2 is 2.00 bits per heavy atom. The van der Waals surface area contributed by atoms with E-state index in [9.17, 15) is 0 Å². The molecule has 0 bridgehead atoms. The van der Waals surface area contributed by atoms with Crippen molar-refractivity contribution in [1.29, 1.82) is 0 Å². The SMILES string of the molecule is CC(C)N1CCCC[C@]2(CCN2)C1. The molecule has 0 unspecified atom stereocenters. The molecule has 0 aromatic carbocycles. The van der Waals surface area contributed by atoms with Crippen molar-refractivity contribution in [2.75, 3.05) is 19.6 Å². The lowest BCUT2D eigenvalue weighted by Gasteiger charge is -2.46. The quantitative estimate of drug-likeness (QED) is 0.663. The smallest absolute Gasteiger partial charge is 0.0320 e. The molecular weight excluding hydrogens is 160 g/mol. The molecule has 2 saturated heterocycles. The van der Waals surface area contributed by atoms with E-state index >= 15 is 0 Å². The third-order valence-electron chi connectivity index (χ3n) is 3.69. The Morgan fingerprint density at radius 3 is 2.54 bits per heavy atom. The average molecular weight is 182 g/mol. The van der Waals surface area contributed by atoms with Crippen molar-refractivity contribution in [2.24, 2.45) is 0 Å². The first-order chi connectivity index (χ1) is 6.22. The highest BCUT2D eigenvalue weighted by atomic mass is 15.2. The highest BCUT2D eigenvalue weighted by Gasteiger charge is 2.39. The molecule has 0 aliphatic carbocycles. The first-order valence-corrected chi connectivity index (χ1v) is 5.71. The fraction of sp³-hybridized carbons (Fsp3) is 1.00. The lowest BCUT2D eigenvalue weighted by atomic mass is 9.83. The second-order valence-corrected chi connectivity index (χ2v) is 4.98. The highest BCUT2D eigenvalue weighted by molar-refractivity contribution is 5.00. The molecule has 2 heterocycles. The van der Waals surface area contributed by atoms with Gasteiger partial charge in [0, 0.05) is 18.1 Å². The summed E-state index contributed by atoms with van der Waals surface area (Å²) in [5.41, 5.74) is 0.515. The topological polar surface area (TPSA) is 15.3 Å². The summed E-state index contributed by atoms with van der Waals surface area (Å²) in [5, 5.41) is 3.64. The van der Waals surface area contributed by atoms with Gasteiger partial charge in [-0.1, -0.05) is 6.42 Å². The molecule has 13 heavy (non-hydrogen) atoms. The number of hydrogen-bond donors (Lipinski definition) is 1. The van der Waals surface area contributed by atoms with Gasteiger partial charge >= 0.3 is 0 Å². The van der Waals surface area contributed by atoms with Crippen molar-refractivity contribution in [3.05, 3.63) is 0 Å². The number of rotatable bonds is 1. The molecule has 76 valence electrons. The highest BCUT2D eigenvalue weighted by Crippen LogP contribution is 2.29. The monoisotopic (exact) mass is 182 g/mol. The molecule has 0 saturated carbocycles. The Kier molecular flexibility index (Phi) is 2.61. The van der Waals surface area contributed by atoms with Crippen LogP contribution < -0.4 is 5.32 Å². The molecule has 1 spiro atoms. The lowest BCUT2D eigenvalue weighted by Crippen LogP contribution is -2.62. The molecule has 2 rings (SSSR count). The van der Waals surface area contributed by atoms with E-state index in [0.717, 1.165) is 6.04 Å². The second kappa shape index (κ2) is 3.58. The van der Waals surface area contributed by atoms with Crippen molar-refractivity contribution in [3.8, 4) is 0 Å². The van der Waals surface area contributed by atoms with Crippen LogP contribution in [0.4, 0.5) is 0 Å². The van der Waals surface area contributed by atoms with Gasteiger partial charge in [-0.15, -0.1) is 0 Å². The maximum Gasteiger partial charge on any atom is 0.0320 e. The third-order valence-corrected chi connectivity index (χ3v) is 3.69. The summed E-state index contributed by atoms with van der Waals surface area (Å²) in [6, 6.07) is 0.720. The van der Waals surface area contributed by atoms with Gasteiger partial charge in [0.15, 0.2) is 0 Å². The molecule has 2 heteroatoms. The van der Waals surface area contributed by atoms with Crippen molar-refractivity contribution in [1.82, 2.24) is 10.2 Å². The molecule has 2 aliphatic heterocycles. The molecule has 1 N–H and O–H groups in total. The molecule has 0 aromatic heterocycles. The summed E-state index contributed by atoms with van der Waals surface area (Å²) < 4.78 is 0. The van der Waals surface area contributed by atoms with Gasteiger partial charge in [-0.2, -0.15) is 0 Å². The molecule has 1 atom stereocenters. The zero-order valence-electron chi connectivity index (χ0n) is 8.97. The second-order valence-electron chi connectivity index (χ2n) is 4.98. The molecule has 2 fully saturated rings. The van der Waals surface area contributed by atoms with E-state index in [2.05, 4.69) is 24.1 Å². The molecule has 0 radical (unpaired) electrons. The number of likely N-dealkylation sites (tertiary alicyclic amines) is 1. The average Bonchev–Trinajstić information content (AvgIpc) is 2.24. The molecule has 2 aliphatic rings. The maximum atomic E-state index is 3.64. The normalized spacial score (nSPS) is 36.2. The fourth-order valence-electron chi connectivity index (χ4n) is 2.59. The van der Waals surface area contributed by atoms with Crippen molar-refractivity contribution in [2.45, 2.75) is 51.1 Å². The standard InChI is InChI=1S/C11H22N2/c1-10(2)13-8-4-3-5-11(9-13)6-7-12-11/h10,12H,3-9H2,1-2H3/t11-/m0/s1. The maximum absolute atomic E-state index is 3.64. The van der Waals surface area contributed by atoms with E-state index in [1.165, 1.54) is 45.3 Å². The minimum Gasteiger partial charge on any atom is -0.310 e. The molecule has 0 amide bonds. The van der Waals surface area contributed by atoms with Crippen LogP contribution in [0.3, 0.4) is 0 Å². The van der Waals surface area contributed by atoms with E-state index in [1.54, 1.807) is 0 Å². The summed E-state index contributed by atoms with van der Waals surface area (Å²) in [7, 11) is 0. The van der Waals surface area contributed by atoms with Gasteiger partial charge in [-0.25, -0.2) is 0 Å². The zero-order chi connectivity index (χ0) is 9.31. The Labute approximate surface area is 81.7 Å². The largest absolute Gasteiger partial charge is 0.310 e. The Morgan fingerprint density at radius 1 is 1.23 bits per heavy atom. The van der Waals surface area contributed by atoms with Gasteiger partial charge in [-0.3, -0.25) is 4.90 Å². The first-order valence-electron chi connectivity index (χ1n) is 5.71. The predicted molar refractivity (Wildman–Crippen MR) is 55.9 cm³/mol. The Bertz CT molecular complexity index is 173. The zero-order valence-corrected chi connectivity index (χ0v) is 8.97. The van der Waals surface area contributed by atoms with Crippen LogP contribution in [-0.2, 0) is 0 Å². The van der Waals surface area contributed by atoms with Crippen molar-refractivity contribution in [3.63, 3.8) is 0 Å². The summed E-state index contributed by atoms with van der Waals surface area (Å²) in [6.45, 7) is 8.47. The van der Waals surface area contributed by atoms with Crippen LogP contribution in [0.15, 0.2) is 0 Å². The van der Waals surface area contributed by atoms with Crippen LogP contribution in [0.25, 0.3) is 0 Å². The number of nitrogens with one attached hydrogen (secondary N) is 1. The summed E-state index contributed by atoms with van der Waals surface area (Å²) in [5.74, 6) is 0. The molecule has 0 aromatic rings. The number of hydrogen-bond acceptors (Lipinski definition) is 2. The van der Waals surface area contributed by atoms with E-state index in [1.807, 2.05) is 0 Å². The van der Waals surface area contributed by atoms with Crippen molar-refractivity contribution >= 4 is 0 Å². The summed E-state index contributed by atoms with van der Waals surface area (Å²) in [6.07, 6.45) is 5.60. The van der Waals surface area contributed by atoms with E-state index in [0.29, 0.717) is 5.54 Å². The number of nitrogens with zero attached hydrogens (tertiary/aromatic N) is 1. The van der Waals surface area contributed by atoms with Crippen LogP contribution in [0, 0.1) is 0 Å². The van der Waals surface area contributed by atoms with Gasteiger partial charge in [0.2, 0.25) is 0 Å². The van der Waals surface area contributed by atoms with Gasteiger partial charge in [0.05, 0.1) is 0 Å². The summed E-state index contributed by atoms with van der Waals surface area (Å²) in [4.78, 5) is 2.64. The predicted octanol–water partition coefficient (Wildman–Crippen LogP) is 1.61. The third kappa shape index (κ3) is 1.89. The molecule has 2 nitrogen and oxygen atoms in total. The van der Waals surface area contributed by atoms with Crippen LogP contribution in [0.5, 0.6) is 0 Å². The Hall–Kier alpha value is -0.0800. The van der Waals surface area contributed by atoms with Gasteiger partial charge in [-0.05, 0) is 46.2 Å². The Balaban J connectivity index is 1.98. The van der Waals surface area contributed by atoms with Crippen LogP contribution in [0.2, 0.25) is 0 Å². The van der Waals surface area contributed by atoms with Gasteiger partial charge in [0.1, 0.15) is 0 Å². The molecular formula is C11H22N2. The fourth-order valence-corrected chi connectivity index (χ4v) is 2.59. The lowest BCUT2D eigenvalue weighted by molar-refractivity contribution is 0.112.